The Kier molecular flexibility index (Phi) is 4.93. The van der Waals surface area contributed by atoms with Crippen molar-refractivity contribution in [3.05, 3.63) is 17.1 Å². The molecule has 0 amide bonds. The molecule has 5 heteroatoms. The molecule has 0 saturated carbocycles. The third-order valence-corrected chi connectivity index (χ3v) is 4.73. The third-order valence-electron chi connectivity index (χ3n) is 4.73. The summed E-state index contributed by atoms with van der Waals surface area (Å²) in [5.41, 5.74) is 2.37. The van der Waals surface area contributed by atoms with Crippen molar-refractivity contribution in [2.24, 2.45) is 0 Å². The first-order chi connectivity index (χ1) is 10.7. The lowest BCUT2D eigenvalue weighted by molar-refractivity contribution is 0.0727. The van der Waals surface area contributed by atoms with Crippen molar-refractivity contribution < 1.29 is 9.47 Å². The highest BCUT2D eigenvalue weighted by Crippen LogP contribution is 2.32. The van der Waals surface area contributed by atoms with E-state index in [0.717, 1.165) is 50.7 Å². The molecule has 22 heavy (non-hydrogen) atoms. The molecule has 1 saturated heterocycles. The Morgan fingerprint density at radius 3 is 2.82 bits per heavy atom. The lowest BCUT2D eigenvalue weighted by atomic mass is 9.99. The van der Waals surface area contributed by atoms with Gasteiger partial charge in [-0.1, -0.05) is 20.8 Å². The molecule has 2 atom stereocenters. The van der Waals surface area contributed by atoms with Crippen molar-refractivity contribution >= 4 is 5.82 Å². The summed E-state index contributed by atoms with van der Waals surface area (Å²) in [6.45, 7) is 10.4. The second-order valence-corrected chi connectivity index (χ2v) is 6.28. The van der Waals surface area contributed by atoms with Crippen LogP contribution in [0.1, 0.15) is 56.6 Å². The van der Waals surface area contributed by atoms with Crippen molar-refractivity contribution in [3.63, 3.8) is 0 Å². The van der Waals surface area contributed by atoms with E-state index in [1.807, 2.05) is 0 Å². The summed E-state index contributed by atoms with van der Waals surface area (Å²) in [4.78, 5) is 12.1. The maximum atomic E-state index is 5.95. The van der Waals surface area contributed by atoms with Gasteiger partial charge in [-0.2, -0.15) is 0 Å². The van der Waals surface area contributed by atoms with E-state index in [1.165, 1.54) is 11.3 Å². The molecule has 0 spiro atoms. The molecule has 1 aromatic rings. The molecule has 5 nitrogen and oxygen atoms in total. The second-order valence-electron chi connectivity index (χ2n) is 6.28. The molecule has 1 aromatic heterocycles. The number of fused-ring (bicyclic) bond motifs is 3. The van der Waals surface area contributed by atoms with Crippen LogP contribution < -0.4 is 4.90 Å². The van der Waals surface area contributed by atoms with Crippen LogP contribution >= 0.6 is 0 Å². The van der Waals surface area contributed by atoms with E-state index in [4.69, 9.17) is 19.4 Å². The zero-order valence-electron chi connectivity index (χ0n) is 14.0. The molecule has 2 aliphatic heterocycles. The first kappa shape index (κ1) is 15.7. The van der Waals surface area contributed by atoms with E-state index in [0.29, 0.717) is 19.1 Å². The average Bonchev–Trinajstić information content (AvgIpc) is 2.87. The van der Waals surface area contributed by atoms with Gasteiger partial charge >= 0.3 is 0 Å². The van der Waals surface area contributed by atoms with Crippen LogP contribution in [-0.2, 0) is 22.5 Å². The Bertz CT molecular complexity index is 521. The number of ether oxygens (including phenoxy) is 2. The van der Waals surface area contributed by atoms with Gasteiger partial charge in [-0.3, -0.25) is 0 Å². The standard InChI is InChI=1S/C17H27N3O2/c1-4-12(3)16-14-11-22-10-13-9-21-8-6-7-20(13)17(14)19-15(5-2)18-16/h12-13H,4-11H2,1-3H3. The van der Waals surface area contributed by atoms with Gasteiger partial charge in [-0.25, -0.2) is 9.97 Å². The molecule has 3 heterocycles. The van der Waals surface area contributed by atoms with Crippen molar-refractivity contribution in [1.82, 2.24) is 9.97 Å². The van der Waals surface area contributed by atoms with E-state index >= 15 is 0 Å². The summed E-state index contributed by atoms with van der Waals surface area (Å²) in [5, 5.41) is 0. The van der Waals surface area contributed by atoms with Gasteiger partial charge in [0.1, 0.15) is 11.6 Å². The number of nitrogens with zero attached hydrogens (tertiary/aromatic N) is 3. The highest BCUT2D eigenvalue weighted by molar-refractivity contribution is 5.52. The molecule has 1 fully saturated rings. The Morgan fingerprint density at radius 1 is 1.23 bits per heavy atom. The van der Waals surface area contributed by atoms with E-state index < -0.39 is 0 Å². The number of aromatic nitrogens is 2. The van der Waals surface area contributed by atoms with Gasteiger partial charge in [0, 0.05) is 25.1 Å². The molecule has 0 aromatic carbocycles. The van der Waals surface area contributed by atoms with Crippen molar-refractivity contribution in [1.29, 1.82) is 0 Å². The van der Waals surface area contributed by atoms with Gasteiger partial charge < -0.3 is 14.4 Å². The Morgan fingerprint density at radius 2 is 2.05 bits per heavy atom. The predicted molar refractivity (Wildman–Crippen MR) is 86.3 cm³/mol. The number of rotatable bonds is 3. The van der Waals surface area contributed by atoms with Crippen molar-refractivity contribution in [2.45, 2.75) is 58.6 Å². The van der Waals surface area contributed by atoms with Crippen LogP contribution in [0.5, 0.6) is 0 Å². The fourth-order valence-corrected chi connectivity index (χ4v) is 3.21. The molecule has 0 N–H and O–H groups in total. The minimum absolute atomic E-state index is 0.271. The maximum absolute atomic E-state index is 5.95. The van der Waals surface area contributed by atoms with Crippen LogP contribution in [0.4, 0.5) is 5.82 Å². The lowest BCUT2D eigenvalue weighted by Crippen LogP contribution is -2.40. The van der Waals surface area contributed by atoms with Crippen LogP contribution in [-0.4, -0.2) is 42.4 Å². The van der Waals surface area contributed by atoms with Gasteiger partial charge in [0.15, 0.2) is 0 Å². The number of hydrogen-bond acceptors (Lipinski definition) is 5. The Labute approximate surface area is 133 Å². The first-order valence-corrected chi connectivity index (χ1v) is 8.56. The maximum Gasteiger partial charge on any atom is 0.138 e. The average molecular weight is 305 g/mol. The summed E-state index contributed by atoms with van der Waals surface area (Å²) in [6.07, 6.45) is 2.99. The van der Waals surface area contributed by atoms with E-state index in [2.05, 4.69) is 25.7 Å². The van der Waals surface area contributed by atoms with E-state index in [-0.39, 0.29) is 6.04 Å². The SMILES string of the molecule is CCc1nc(C(C)CC)c2c(n1)N1CCCOCC1COC2. The normalized spacial score (nSPS) is 23.2. The molecular formula is C17H27N3O2. The summed E-state index contributed by atoms with van der Waals surface area (Å²) in [7, 11) is 0. The number of aryl methyl sites for hydroxylation is 1. The molecular weight excluding hydrogens is 278 g/mol. The number of hydrogen-bond donors (Lipinski definition) is 0. The van der Waals surface area contributed by atoms with Crippen LogP contribution in [0.15, 0.2) is 0 Å². The van der Waals surface area contributed by atoms with Crippen molar-refractivity contribution in [2.75, 3.05) is 31.3 Å². The van der Waals surface area contributed by atoms with Crippen LogP contribution in [0, 0.1) is 0 Å². The molecule has 2 aliphatic rings. The Balaban J connectivity index is 2.09. The van der Waals surface area contributed by atoms with Crippen LogP contribution in [0.3, 0.4) is 0 Å². The second kappa shape index (κ2) is 6.92. The van der Waals surface area contributed by atoms with E-state index in [1.54, 1.807) is 0 Å². The van der Waals surface area contributed by atoms with Gasteiger partial charge in [0.05, 0.1) is 31.6 Å². The molecule has 3 rings (SSSR count). The fourth-order valence-electron chi connectivity index (χ4n) is 3.21. The summed E-state index contributed by atoms with van der Waals surface area (Å²) in [5.74, 6) is 2.47. The summed E-state index contributed by atoms with van der Waals surface area (Å²) >= 11 is 0. The minimum atomic E-state index is 0.271. The molecule has 0 radical (unpaired) electrons. The highest BCUT2D eigenvalue weighted by atomic mass is 16.5. The topological polar surface area (TPSA) is 47.5 Å². The minimum Gasteiger partial charge on any atom is -0.379 e. The first-order valence-electron chi connectivity index (χ1n) is 8.56. The third kappa shape index (κ3) is 2.97. The van der Waals surface area contributed by atoms with Crippen LogP contribution in [0.2, 0.25) is 0 Å². The smallest absolute Gasteiger partial charge is 0.138 e. The lowest BCUT2D eigenvalue weighted by Gasteiger charge is -2.29. The van der Waals surface area contributed by atoms with E-state index in [9.17, 15) is 0 Å². The highest BCUT2D eigenvalue weighted by Gasteiger charge is 2.30. The Hall–Kier alpha value is -1.20. The summed E-state index contributed by atoms with van der Waals surface area (Å²) < 4.78 is 11.7. The zero-order valence-corrected chi connectivity index (χ0v) is 14.0. The zero-order chi connectivity index (χ0) is 15.5. The molecule has 0 bridgehead atoms. The van der Waals surface area contributed by atoms with Gasteiger partial charge in [-0.05, 0) is 18.8 Å². The van der Waals surface area contributed by atoms with Crippen LogP contribution in [0.25, 0.3) is 0 Å². The fraction of sp³-hybridized carbons (Fsp3) is 0.765. The monoisotopic (exact) mass is 305 g/mol. The largest absolute Gasteiger partial charge is 0.379 e. The quantitative estimate of drug-likeness (QED) is 0.859. The summed E-state index contributed by atoms with van der Waals surface area (Å²) in [6, 6.07) is 0.271. The predicted octanol–water partition coefficient (Wildman–Crippen LogP) is 2.68. The molecule has 2 unspecified atom stereocenters. The van der Waals surface area contributed by atoms with Crippen molar-refractivity contribution in [3.8, 4) is 0 Å². The van der Waals surface area contributed by atoms with Gasteiger partial charge in [0.25, 0.3) is 0 Å². The molecule has 122 valence electrons. The number of anilines is 1. The molecule has 0 aliphatic carbocycles. The van der Waals surface area contributed by atoms with Gasteiger partial charge in [0.2, 0.25) is 0 Å². The van der Waals surface area contributed by atoms with Gasteiger partial charge in [-0.15, -0.1) is 0 Å².